The van der Waals surface area contributed by atoms with Crippen molar-refractivity contribution in [3.63, 3.8) is 0 Å². The van der Waals surface area contributed by atoms with E-state index in [1.807, 2.05) is 6.07 Å². The summed E-state index contributed by atoms with van der Waals surface area (Å²) in [6, 6.07) is 8.05. The molecule has 0 amide bonds. The summed E-state index contributed by atoms with van der Waals surface area (Å²) in [5, 5.41) is 8.97. The minimum Gasteiger partial charge on any atom is -0.453 e. The number of carbonyl (C=O) groups is 1. The molecule has 3 N–H and O–H groups in total. The smallest absolute Gasteiger partial charge is 0.338 e. The summed E-state index contributed by atoms with van der Waals surface area (Å²) in [5.41, 5.74) is 6.12. The lowest BCUT2D eigenvalue weighted by molar-refractivity contribution is 0.0304. The quantitative estimate of drug-likeness (QED) is 0.592. The molecular formula is C13H17NO3. The van der Waals surface area contributed by atoms with Crippen molar-refractivity contribution in [2.45, 2.75) is 19.1 Å². The molecule has 4 heteroatoms. The van der Waals surface area contributed by atoms with Crippen molar-refractivity contribution in [1.29, 1.82) is 0 Å². The number of nitrogens with two attached hydrogens (primary N) is 1. The van der Waals surface area contributed by atoms with Crippen LogP contribution in [0.15, 0.2) is 42.5 Å². The highest BCUT2D eigenvalue weighted by Gasteiger charge is 2.19. The van der Waals surface area contributed by atoms with Crippen LogP contribution >= 0.6 is 0 Å². The van der Waals surface area contributed by atoms with Gasteiger partial charge in [-0.1, -0.05) is 24.3 Å². The Labute approximate surface area is 101 Å². The molecule has 1 unspecified atom stereocenters. The van der Waals surface area contributed by atoms with E-state index in [9.17, 15) is 4.79 Å². The molecule has 0 spiro atoms. The number of hydrogen-bond donors (Lipinski definition) is 2. The Kier molecular flexibility index (Phi) is 5.39. The normalized spacial score (nSPS) is 14.5. The lowest BCUT2D eigenvalue weighted by Crippen LogP contribution is -2.39. The number of allylic oxidation sites excluding steroid dienone is 1. The van der Waals surface area contributed by atoms with Crippen molar-refractivity contribution in [2.24, 2.45) is 5.73 Å². The molecule has 1 aromatic rings. The first-order valence-corrected chi connectivity index (χ1v) is 5.44. The lowest BCUT2D eigenvalue weighted by atomic mass is 10.1. The molecule has 4 nitrogen and oxygen atoms in total. The van der Waals surface area contributed by atoms with Crippen molar-refractivity contribution in [2.75, 3.05) is 6.61 Å². The molecule has 0 radical (unpaired) electrons. The molecule has 17 heavy (non-hydrogen) atoms. The Morgan fingerprint density at radius 3 is 2.65 bits per heavy atom. The van der Waals surface area contributed by atoms with E-state index in [1.54, 1.807) is 43.3 Å². The number of rotatable bonds is 5. The molecule has 0 aliphatic heterocycles. The van der Waals surface area contributed by atoms with Crippen molar-refractivity contribution in [1.82, 2.24) is 0 Å². The average Bonchev–Trinajstić information content (AvgIpc) is 2.38. The fraction of sp³-hybridized carbons (Fsp3) is 0.308. The first kappa shape index (κ1) is 13.4. The van der Waals surface area contributed by atoms with Crippen LogP contribution in [0.1, 0.15) is 17.3 Å². The zero-order valence-corrected chi connectivity index (χ0v) is 9.74. The van der Waals surface area contributed by atoms with E-state index in [-0.39, 0.29) is 6.61 Å². The van der Waals surface area contributed by atoms with E-state index in [2.05, 4.69) is 0 Å². The van der Waals surface area contributed by atoms with Crippen LogP contribution in [0.25, 0.3) is 0 Å². The fourth-order valence-electron chi connectivity index (χ4n) is 1.33. The molecule has 0 aliphatic carbocycles. The van der Waals surface area contributed by atoms with Gasteiger partial charge in [-0.05, 0) is 25.1 Å². The lowest BCUT2D eigenvalue weighted by Gasteiger charge is -2.19. The summed E-state index contributed by atoms with van der Waals surface area (Å²) >= 11 is 0. The second kappa shape index (κ2) is 6.83. The molecule has 0 aliphatic rings. The number of esters is 1. The number of aliphatic hydroxyl groups excluding tert-OH is 1. The fourth-order valence-corrected chi connectivity index (χ4v) is 1.33. The van der Waals surface area contributed by atoms with Gasteiger partial charge in [-0.15, -0.1) is 0 Å². The number of ether oxygens (including phenoxy) is 1. The second-order valence-electron chi connectivity index (χ2n) is 3.61. The third kappa shape index (κ3) is 4.01. The monoisotopic (exact) mass is 235 g/mol. The minimum absolute atomic E-state index is 0.239. The maximum Gasteiger partial charge on any atom is 0.338 e. The molecular weight excluding hydrogens is 218 g/mol. The summed E-state index contributed by atoms with van der Waals surface area (Å²) in [7, 11) is 0. The summed E-state index contributed by atoms with van der Waals surface area (Å²) < 4.78 is 5.22. The van der Waals surface area contributed by atoms with Crippen molar-refractivity contribution >= 4 is 5.97 Å². The maximum absolute atomic E-state index is 11.8. The second-order valence-corrected chi connectivity index (χ2v) is 3.61. The molecule has 0 fully saturated rings. The zero-order chi connectivity index (χ0) is 12.7. The summed E-state index contributed by atoms with van der Waals surface area (Å²) in [5.74, 6) is -0.447. The first-order valence-electron chi connectivity index (χ1n) is 5.44. The van der Waals surface area contributed by atoms with E-state index >= 15 is 0 Å². The van der Waals surface area contributed by atoms with Gasteiger partial charge in [0.15, 0.2) is 0 Å². The van der Waals surface area contributed by atoms with Gasteiger partial charge in [0.2, 0.25) is 0 Å². The maximum atomic E-state index is 11.8. The van der Waals surface area contributed by atoms with Gasteiger partial charge < -0.3 is 15.6 Å². The predicted molar refractivity (Wildman–Crippen MR) is 65.5 cm³/mol. The van der Waals surface area contributed by atoms with Crippen LogP contribution in [0.4, 0.5) is 0 Å². The summed E-state index contributed by atoms with van der Waals surface area (Å²) in [6.07, 6.45) is 2.78. The third-order valence-electron chi connectivity index (χ3n) is 2.27. The van der Waals surface area contributed by atoms with Gasteiger partial charge in [0.25, 0.3) is 0 Å². The van der Waals surface area contributed by atoms with Crippen LogP contribution in [-0.2, 0) is 4.74 Å². The molecule has 0 saturated carbocycles. The van der Waals surface area contributed by atoms with Gasteiger partial charge in [0.05, 0.1) is 18.2 Å². The Bertz CT molecular complexity index is 376. The SMILES string of the molecule is C/C=C/C(OC(=O)c1ccccc1)[C@@H](N)CO. The van der Waals surface area contributed by atoms with Gasteiger partial charge in [-0.3, -0.25) is 0 Å². The molecule has 0 heterocycles. The van der Waals surface area contributed by atoms with Crippen LogP contribution in [-0.4, -0.2) is 29.8 Å². The molecule has 0 aromatic heterocycles. The Hall–Kier alpha value is -1.65. The third-order valence-corrected chi connectivity index (χ3v) is 2.27. The average molecular weight is 235 g/mol. The highest BCUT2D eigenvalue weighted by atomic mass is 16.5. The van der Waals surface area contributed by atoms with E-state index in [0.29, 0.717) is 5.56 Å². The first-order chi connectivity index (χ1) is 8.19. The Morgan fingerprint density at radius 2 is 2.12 bits per heavy atom. The summed E-state index contributed by atoms with van der Waals surface area (Å²) in [4.78, 5) is 11.8. The van der Waals surface area contributed by atoms with Crippen LogP contribution in [0, 0.1) is 0 Å². The Morgan fingerprint density at radius 1 is 1.47 bits per heavy atom. The van der Waals surface area contributed by atoms with E-state index in [0.717, 1.165) is 0 Å². The number of carbonyl (C=O) groups excluding carboxylic acids is 1. The van der Waals surface area contributed by atoms with Crippen LogP contribution in [0.3, 0.4) is 0 Å². The summed E-state index contributed by atoms with van der Waals surface area (Å²) in [6.45, 7) is 1.56. The molecule has 2 atom stereocenters. The van der Waals surface area contributed by atoms with E-state index in [1.165, 1.54) is 0 Å². The predicted octanol–water partition coefficient (Wildman–Crippen LogP) is 1.11. The van der Waals surface area contributed by atoms with Crippen LogP contribution in [0.5, 0.6) is 0 Å². The molecule has 92 valence electrons. The Balaban J connectivity index is 2.71. The van der Waals surface area contributed by atoms with E-state index in [4.69, 9.17) is 15.6 Å². The molecule has 0 saturated heterocycles. The van der Waals surface area contributed by atoms with Gasteiger partial charge in [0.1, 0.15) is 6.10 Å². The van der Waals surface area contributed by atoms with Crippen LogP contribution < -0.4 is 5.73 Å². The molecule has 1 aromatic carbocycles. The minimum atomic E-state index is -0.613. The topological polar surface area (TPSA) is 72.5 Å². The van der Waals surface area contributed by atoms with Gasteiger partial charge in [-0.25, -0.2) is 4.79 Å². The van der Waals surface area contributed by atoms with Gasteiger partial charge in [-0.2, -0.15) is 0 Å². The molecule has 1 rings (SSSR count). The van der Waals surface area contributed by atoms with Crippen LogP contribution in [0.2, 0.25) is 0 Å². The van der Waals surface area contributed by atoms with Gasteiger partial charge in [0, 0.05) is 0 Å². The number of aliphatic hydroxyl groups is 1. The largest absolute Gasteiger partial charge is 0.453 e. The highest BCUT2D eigenvalue weighted by Crippen LogP contribution is 2.07. The van der Waals surface area contributed by atoms with Gasteiger partial charge >= 0.3 is 5.97 Å². The standard InChI is InChI=1S/C13H17NO3/c1-2-6-12(11(14)9-15)17-13(16)10-7-4-3-5-8-10/h2-8,11-12,15H,9,14H2,1H3/b6-2+/t11-,12?/m0/s1. The zero-order valence-electron chi connectivity index (χ0n) is 9.74. The molecule has 0 bridgehead atoms. The highest BCUT2D eigenvalue weighted by molar-refractivity contribution is 5.89. The van der Waals surface area contributed by atoms with Crippen molar-refractivity contribution in [3.8, 4) is 0 Å². The van der Waals surface area contributed by atoms with Crippen molar-refractivity contribution in [3.05, 3.63) is 48.0 Å². The number of benzene rings is 1. The number of hydrogen-bond acceptors (Lipinski definition) is 4. The van der Waals surface area contributed by atoms with E-state index < -0.39 is 18.1 Å². The van der Waals surface area contributed by atoms with Crippen molar-refractivity contribution < 1.29 is 14.6 Å².